The molecule has 6 rings (SSSR count). The number of rotatable bonds is 4. The molecule has 1 aromatic carbocycles. The minimum Gasteiger partial charge on any atom is -0.386 e. The summed E-state index contributed by atoms with van der Waals surface area (Å²) in [6.07, 6.45) is 1.66. The number of aliphatic hydroxyl groups excluding tert-OH is 1. The minimum absolute atomic E-state index is 0.0176. The van der Waals surface area contributed by atoms with E-state index in [0.717, 1.165) is 29.7 Å². The molecule has 13 heteroatoms. The van der Waals surface area contributed by atoms with Gasteiger partial charge in [0.25, 0.3) is 5.91 Å². The van der Waals surface area contributed by atoms with Crippen LogP contribution in [-0.2, 0) is 17.6 Å². The van der Waals surface area contributed by atoms with Crippen molar-refractivity contribution in [2.75, 3.05) is 26.7 Å². The second-order valence-corrected chi connectivity index (χ2v) is 10.0. The standard InChI is InChI=1S/C23H29N9O4/c1-30-10-16(33)31(22(30)36)8-14-17-23(29-20(24)28-17)18(34)15(9-32(23)21(25)27-14)26-19(35)13-7-3-5-11-4-2-6-12(11)13/h3,5,7,14-15,17-18,34H,2,4,6,8-10H2,1H3,(H2,25,27)(H,26,35)(H3,24,28,29)/t14?,15?,17?,18-,23?/m1/s1. The molecule has 2 saturated heterocycles. The summed E-state index contributed by atoms with van der Waals surface area (Å²) in [6, 6.07) is 3.13. The van der Waals surface area contributed by atoms with Crippen LogP contribution in [0.15, 0.2) is 28.2 Å². The van der Waals surface area contributed by atoms with Gasteiger partial charge in [-0.1, -0.05) is 12.1 Å². The Kier molecular flexibility index (Phi) is 4.90. The van der Waals surface area contributed by atoms with Gasteiger partial charge in [0.05, 0.1) is 18.6 Å². The Hall–Kier alpha value is -3.87. The van der Waals surface area contributed by atoms with Crippen LogP contribution >= 0.6 is 0 Å². The number of benzene rings is 1. The Bertz CT molecular complexity index is 1230. The van der Waals surface area contributed by atoms with Crippen molar-refractivity contribution in [1.82, 2.24) is 25.3 Å². The Morgan fingerprint density at radius 3 is 2.83 bits per heavy atom. The molecule has 5 atom stereocenters. The first-order chi connectivity index (χ1) is 17.2. The number of carbonyl (C=O) groups is 3. The average molecular weight is 496 g/mol. The number of fused-ring (bicyclic) bond motifs is 1. The van der Waals surface area contributed by atoms with Gasteiger partial charge in [-0.3, -0.25) is 14.5 Å². The number of nitrogens with two attached hydrogens (primary N) is 2. The lowest BCUT2D eigenvalue weighted by Gasteiger charge is -2.46. The quantitative estimate of drug-likeness (QED) is 0.285. The summed E-state index contributed by atoms with van der Waals surface area (Å²) in [6.45, 7) is 0.109. The number of aryl methyl sites for hydroxylation is 1. The van der Waals surface area contributed by atoms with Gasteiger partial charge in [-0.15, -0.1) is 0 Å². The van der Waals surface area contributed by atoms with E-state index in [1.165, 1.54) is 10.5 Å². The summed E-state index contributed by atoms with van der Waals surface area (Å²) in [4.78, 5) is 51.3. The lowest BCUT2D eigenvalue weighted by Crippen LogP contribution is -2.73. The second-order valence-electron chi connectivity index (χ2n) is 10.0. The van der Waals surface area contributed by atoms with Gasteiger partial charge in [-0.05, 0) is 36.5 Å². The summed E-state index contributed by atoms with van der Waals surface area (Å²) in [5.41, 5.74) is 14.0. The number of likely N-dealkylation sites (N-methyl/N-ethyl adjacent to an activating group) is 1. The first-order valence-corrected chi connectivity index (χ1v) is 12.1. The second kappa shape index (κ2) is 7.82. The predicted octanol–water partition coefficient (Wildman–Crippen LogP) is -2.48. The van der Waals surface area contributed by atoms with Crippen LogP contribution in [0.4, 0.5) is 4.79 Å². The lowest BCUT2D eigenvalue weighted by molar-refractivity contribution is -0.125. The zero-order chi connectivity index (χ0) is 25.4. The number of nitrogens with one attached hydrogen (secondary N) is 2. The van der Waals surface area contributed by atoms with E-state index in [4.69, 9.17) is 11.5 Å². The van der Waals surface area contributed by atoms with Gasteiger partial charge in [-0.25, -0.2) is 14.8 Å². The van der Waals surface area contributed by atoms with Crippen LogP contribution < -0.4 is 22.1 Å². The molecule has 36 heavy (non-hydrogen) atoms. The molecule has 0 saturated carbocycles. The van der Waals surface area contributed by atoms with Crippen molar-refractivity contribution >= 4 is 29.8 Å². The molecule has 1 spiro atoms. The van der Waals surface area contributed by atoms with E-state index in [-0.39, 0.29) is 43.4 Å². The molecule has 190 valence electrons. The summed E-state index contributed by atoms with van der Waals surface area (Å²) in [5.74, 6) is -0.412. The van der Waals surface area contributed by atoms with Gasteiger partial charge in [0.15, 0.2) is 17.6 Å². The maximum Gasteiger partial charge on any atom is 0.327 e. The number of imide groups is 1. The maximum atomic E-state index is 13.3. The fourth-order valence-corrected chi connectivity index (χ4v) is 6.30. The topological polar surface area (TPSA) is 182 Å². The van der Waals surface area contributed by atoms with E-state index < -0.39 is 35.9 Å². The van der Waals surface area contributed by atoms with E-state index in [9.17, 15) is 19.5 Å². The molecule has 4 amide bonds. The zero-order valence-corrected chi connectivity index (χ0v) is 19.8. The summed E-state index contributed by atoms with van der Waals surface area (Å²) >= 11 is 0. The van der Waals surface area contributed by atoms with Gasteiger partial charge >= 0.3 is 6.03 Å². The predicted molar refractivity (Wildman–Crippen MR) is 129 cm³/mol. The molecule has 1 aliphatic carbocycles. The van der Waals surface area contributed by atoms with Crippen LogP contribution in [0.5, 0.6) is 0 Å². The molecular weight excluding hydrogens is 466 g/mol. The highest BCUT2D eigenvalue weighted by atomic mass is 16.3. The Morgan fingerprint density at radius 2 is 2.08 bits per heavy atom. The molecule has 5 aliphatic rings. The van der Waals surface area contributed by atoms with E-state index >= 15 is 0 Å². The molecule has 0 aromatic heterocycles. The monoisotopic (exact) mass is 495 g/mol. The van der Waals surface area contributed by atoms with E-state index in [1.807, 2.05) is 12.1 Å². The van der Waals surface area contributed by atoms with Crippen molar-refractivity contribution in [3.05, 3.63) is 34.9 Å². The molecule has 7 N–H and O–H groups in total. The van der Waals surface area contributed by atoms with Crippen LogP contribution in [0.25, 0.3) is 0 Å². The molecule has 4 unspecified atom stereocenters. The number of aliphatic hydroxyl groups is 1. The molecular formula is C23H29N9O4. The Morgan fingerprint density at radius 1 is 1.28 bits per heavy atom. The van der Waals surface area contributed by atoms with E-state index in [2.05, 4.69) is 20.6 Å². The van der Waals surface area contributed by atoms with Crippen LogP contribution in [0.1, 0.15) is 27.9 Å². The number of carbonyl (C=O) groups excluding carboxylic acids is 3. The summed E-state index contributed by atoms with van der Waals surface area (Å²) < 4.78 is 0. The van der Waals surface area contributed by atoms with E-state index in [1.54, 1.807) is 18.0 Å². The minimum atomic E-state index is -1.27. The zero-order valence-electron chi connectivity index (χ0n) is 19.8. The largest absolute Gasteiger partial charge is 0.386 e. The van der Waals surface area contributed by atoms with Crippen molar-refractivity contribution in [1.29, 1.82) is 0 Å². The van der Waals surface area contributed by atoms with Crippen molar-refractivity contribution in [3.8, 4) is 0 Å². The highest BCUT2D eigenvalue weighted by Crippen LogP contribution is 2.40. The van der Waals surface area contributed by atoms with Crippen LogP contribution in [0.3, 0.4) is 0 Å². The highest BCUT2D eigenvalue weighted by molar-refractivity contribution is 6.02. The number of urea groups is 1. The Balaban J connectivity index is 1.28. The van der Waals surface area contributed by atoms with Gasteiger partial charge in [0.1, 0.15) is 18.7 Å². The maximum absolute atomic E-state index is 13.3. The number of hydrogen-bond acceptors (Lipinski definition) is 10. The summed E-state index contributed by atoms with van der Waals surface area (Å²) in [7, 11) is 1.55. The summed E-state index contributed by atoms with van der Waals surface area (Å²) in [5, 5.41) is 17.6. The number of aliphatic imine (C=N–C) groups is 2. The van der Waals surface area contributed by atoms with Gasteiger partial charge in [0, 0.05) is 19.2 Å². The average Bonchev–Trinajstić information content (AvgIpc) is 3.57. The molecule has 0 bridgehead atoms. The van der Waals surface area contributed by atoms with Crippen molar-refractivity contribution in [2.45, 2.75) is 49.2 Å². The number of nitrogens with zero attached hydrogens (tertiary/aromatic N) is 5. The number of amides is 4. The molecule has 4 heterocycles. The Labute approximate surface area is 207 Å². The first-order valence-electron chi connectivity index (χ1n) is 12.1. The third-order valence-electron chi connectivity index (χ3n) is 7.96. The number of hydrogen-bond donors (Lipinski definition) is 5. The fraction of sp³-hybridized carbons (Fsp3) is 0.522. The SMILES string of the molecule is CN1CC(=O)N(CC2N=C(N)N3CC(NC(=O)c4cccc5c4CCC5)[C@@H](O)C34NC(N)=NC24)C1=O. The fourth-order valence-electron chi connectivity index (χ4n) is 6.30. The van der Waals surface area contributed by atoms with E-state index in [0.29, 0.717) is 5.56 Å². The molecule has 0 radical (unpaired) electrons. The molecule has 13 nitrogen and oxygen atoms in total. The normalized spacial score (nSPS) is 32.7. The molecule has 4 aliphatic heterocycles. The van der Waals surface area contributed by atoms with Crippen LogP contribution in [-0.4, -0.2) is 106 Å². The highest BCUT2D eigenvalue weighted by Gasteiger charge is 2.66. The third-order valence-corrected chi connectivity index (χ3v) is 7.96. The molecule has 2 fully saturated rings. The van der Waals surface area contributed by atoms with Crippen molar-refractivity contribution in [2.24, 2.45) is 21.5 Å². The smallest absolute Gasteiger partial charge is 0.327 e. The van der Waals surface area contributed by atoms with Gasteiger partial charge < -0.3 is 37.0 Å². The van der Waals surface area contributed by atoms with Crippen molar-refractivity contribution < 1.29 is 19.5 Å². The number of guanidine groups is 2. The van der Waals surface area contributed by atoms with Gasteiger partial charge in [0.2, 0.25) is 5.91 Å². The van der Waals surface area contributed by atoms with Crippen LogP contribution in [0.2, 0.25) is 0 Å². The molecule has 1 aromatic rings. The van der Waals surface area contributed by atoms with Crippen molar-refractivity contribution in [3.63, 3.8) is 0 Å². The van der Waals surface area contributed by atoms with Crippen LogP contribution in [0, 0.1) is 0 Å². The third kappa shape index (κ3) is 3.08. The van der Waals surface area contributed by atoms with Gasteiger partial charge in [-0.2, -0.15) is 0 Å². The first kappa shape index (κ1) is 22.6. The lowest BCUT2D eigenvalue weighted by atomic mass is 9.87.